The molecule has 0 saturated carbocycles. The van der Waals surface area contributed by atoms with E-state index in [0.29, 0.717) is 34.6 Å². The van der Waals surface area contributed by atoms with Crippen LogP contribution in [0.15, 0.2) is 65.7 Å². The van der Waals surface area contributed by atoms with Crippen LogP contribution in [0.4, 0.5) is 4.39 Å². The van der Waals surface area contributed by atoms with Gasteiger partial charge in [0.1, 0.15) is 5.82 Å². The molecule has 160 valence electrons. The Morgan fingerprint density at radius 2 is 1.94 bits per heavy atom. The molecule has 2 heterocycles. The molecule has 0 unspecified atom stereocenters. The van der Waals surface area contributed by atoms with E-state index in [0.717, 1.165) is 17.3 Å². The molecule has 0 fully saturated rings. The van der Waals surface area contributed by atoms with Crippen molar-refractivity contribution in [3.8, 4) is 17.0 Å². The number of pyridine rings is 1. The lowest BCUT2D eigenvalue weighted by molar-refractivity contribution is 0.273. The van der Waals surface area contributed by atoms with Crippen LogP contribution in [0.5, 0.6) is 5.88 Å². The first-order chi connectivity index (χ1) is 14.8. The van der Waals surface area contributed by atoms with Gasteiger partial charge in [-0.15, -0.1) is 0 Å². The van der Waals surface area contributed by atoms with Gasteiger partial charge in [-0.05, 0) is 42.0 Å². The van der Waals surface area contributed by atoms with Crippen molar-refractivity contribution in [3.63, 3.8) is 0 Å². The van der Waals surface area contributed by atoms with Crippen LogP contribution in [-0.4, -0.2) is 36.4 Å². The van der Waals surface area contributed by atoms with Gasteiger partial charge in [0.2, 0.25) is 5.88 Å². The van der Waals surface area contributed by atoms with Crippen molar-refractivity contribution in [3.05, 3.63) is 77.9 Å². The van der Waals surface area contributed by atoms with E-state index in [1.807, 2.05) is 4.57 Å². The van der Waals surface area contributed by atoms with E-state index in [9.17, 15) is 17.9 Å². The lowest BCUT2D eigenvalue weighted by atomic mass is 10.0. The van der Waals surface area contributed by atoms with Gasteiger partial charge < -0.3 is 14.4 Å². The summed E-state index contributed by atoms with van der Waals surface area (Å²) in [6.45, 7) is 0.0194. The number of hydrogen-bond donors (Lipinski definition) is 1. The van der Waals surface area contributed by atoms with Crippen molar-refractivity contribution < 1.29 is 22.7 Å². The zero-order valence-corrected chi connectivity index (χ0v) is 17.9. The summed E-state index contributed by atoms with van der Waals surface area (Å²) in [7, 11) is -1.92. The third-order valence-electron chi connectivity index (χ3n) is 5.18. The minimum Gasteiger partial charge on any atom is -0.481 e. The van der Waals surface area contributed by atoms with Crippen LogP contribution < -0.4 is 4.74 Å². The number of halogens is 1. The quantitative estimate of drug-likeness (QED) is 0.493. The van der Waals surface area contributed by atoms with Crippen LogP contribution in [0.3, 0.4) is 0 Å². The Bertz CT molecular complexity index is 1360. The molecule has 8 heteroatoms. The highest BCUT2D eigenvalue weighted by Gasteiger charge is 2.21. The van der Waals surface area contributed by atoms with Crippen LogP contribution in [-0.2, 0) is 23.0 Å². The molecule has 1 N–H and O–H groups in total. The molecule has 4 aromatic rings. The van der Waals surface area contributed by atoms with Gasteiger partial charge >= 0.3 is 0 Å². The third kappa shape index (κ3) is 4.04. The number of nitrogens with zero attached hydrogens (tertiary/aromatic N) is 2. The molecule has 0 amide bonds. The van der Waals surface area contributed by atoms with Gasteiger partial charge in [-0.3, -0.25) is 0 Å². The Hall–Kier alpha value is -3.23. The fraction of sp³-hybridized carbons (Fsp3) is 0.174. The van der Waals surface area contributed by atoms with E-state index in [4.69, 9.17) is 4.74 Å². The number of ether oxygens (including phenoxy) is 1. The normalized spacial score (nSPS) is 11.7. The lowest BCUT2D eigenvalue weighted by Crippen LogP contribution is -2.05. The molecular formula is C23H21FN2O4S. The van der Waals surface area contributed by atoms with Crippen LogP contribution >= 0.6 is 0 Å². The zero-order chi connectivity index (χ0) is 22.2. The van der Waals surface area contributed by atoms with Gasteiger partial charge in [-0.25, -0.2) is 17.8 Å². The number of methoxy groups -OCH3 is 1. The summed E-state index contributed by atoms with van der Waals surface area (Å²) in [6, 6.07) is 14.6. The Balaban J connectivity index is 2.00. The van der Waals surface area contributed by atoms with Crippen molar-refractivity contribution in [2.45, 2.75) is 18.0 Å². The van der Waals surface area contributed by atoms with Gasteiger partial charge in [-0.1, -0.05) is 12.1 Å². The van der Waals surface area contributed by atoms with Crippen LogP contribution in [0, 0.1) is 5.82 Å². The predicted octanol–water partition coefficient (Wildman–Crippen LogP) is 3.80. The molecule has 0 aliphatic carbocycles. The number of fused-ring (bicyclic) bond motifs is 1. The van der Waals surface area contributed by atoms with Crippen LogP contribution in [0.1, 0.15) is 11.3 Å². The van der Waals surface area contributed by atoms with Crippen molar-refractivity contribution in [2.75, 3.05) is 13.4 Å². The number of aliphatic hydroxyl groups excluding tert-OH is 1. The summed E-state index contributed by atoms with van der Waals surface area (Å²) >= 11 is 0. The maximum Gasteiger partial charge on any atom is 0.212 e. The molecule has 2 aromatic carbocycles. The standard InChI is InChI=1S/C23H21FN2O4S/c1-30-22-9-6-16(12-25-22)23-19-11-18(31(2,28)29)7-8-20(19)26(21(23)14-27)13-15-4-3-5-17(24)10-15/h3-12,27H,13-14H2,1-2H3. The van der Waals surface area contributed by atoms with Gasteiger partial charge in [-0.2, -0.15) is 0 Å². The summed E-state index contributed by atoms with van der Waals surface area (Å²) in [6.07, 6.45) is 2.77. The van der Waals surface area contributed by atoms with Crippen LogP contribution in [0.25, 0.3) is 22.0 Å². The average Bonchev–Trinajstić information content (AvgIpc) is 3.06. The molecule has 6 nitrogen and oxygen atoms in total. The largest absolute Gasteiger partial charge is 0.481 e. The maximum absolute atomic E-state index is 13.7. The van der Waals surface area contributed by atoms with E-state index < -0.39 is 9.84 Å². The molecule has 4 rings (SSSR count). The molecule has 31 heavy (non-hydrogen) atoms. The SMILES string of the molecule is COc1ccc(-c2c(CO)n(Cc3cccc(F)c3)c3ccc(S(C)(=O)=O)cc23)cn1. The van der Waals surface area contributed by atoms with E-state index >= 15 is 0 Å². The van der Waals surface area contributed by atoms with Gasteiger partial charge in [0.05, 0.1) is 24.3 Å². The summed E-state index contributed by atoms with van der Waals surface area (Å²) in [5.41, 5.74) is 3.41. The summed E-state index contributed by atoms with van der Waals surface area (Å²) in [5.74, 6) is 0.0908. The van der Waals surface area contributed by atoms with E-state index in [1.165, 1.54) is 25.3 Å². The molecule has 2 aromatic heterocycles. The number of aromatic nitrogens is 2. The second kappa shape index (κ2) is 8.13. The third-order valence-corrected chi connectivity index (χ3v) is 6.29. The summed E-state index contributed by atoms with van der Waals surface area (Å²) in [5, 5.41) is 10.9. The monoisotopic (exact) mass is 440 g/mol. The molecular weight excluding hydrogens is 419 g/mol. The van der Waals surface area contributed by atoms with Crippen molar-refractivity contribution in [2.24, 2.45) is 0 Å². The van der Waals surface area contributed by atoms with Crippen LogP contribution in [0.2, 0.25) is 0 Å². The van der Waals surface area contributed by atoms with Gasteiger partial charge in [0.25, 0.3) is 0 Å². The Labute approximate surface area is 179 Å². The first-order valence-corrected chi connectivity index (χ1v) is 11.4. The molecule has 0 aliphatic heterocycles. The fourth-order valence-electron chi connectivity index (χ4n) is 3.75. The lowest BCUT2D eigenvalue weighted by Gasteiger charge is -2.11. The first-order valence-electron chi connectivity index (χ1n) is 9.52. The van der Waals surface area contributed by atoms with Crippen molar-refractivity contribution >= 4 is 20.7 Å². The molecule has 0 atom stereocenters. The van der Waals surface area contributed by atoms with Gasteiger partial charge in [0, 0.05) is 47.1 Å². The molecule has 0 bridgehead atoms. The number of hydrogen-bond acceptors (Lipinski definition) is 5. The number of rotatable bonds is 6. The maximum atomic E-state index is 13.7. The van der Waals surface area contributed by atoms with Crippen molar-refractivity contribution in [1.82, 2.24) is 9.55 Å². The first kappa shape index (κ1) is 21.0. The smallest absolute Gasteiger partial charge is 0.212 e. The number of sulfone groups is 1. The highest BCUT2D eigenvalue weighted by Crippen LogP contribution is 2.37. The Morgan fingerprint density at radius 3 is 2.55 bits per heavy atom. The summed E-state index contributed by atoms with van der Waals surface area (Å²) in [4.78, 5) is 4.43. The number of benzene rings is 2. The molecule has 0 radical (unpaired) electrons. The Morgan fingerprint density at radius 1 is 1.13 bits per heavy atom. The van der Waals surface area contributed by atoms with E-state index in [1.54, 1.807) is 42.6 Å². The fourth-order valence-corrected chi connectivity index (χ4v) is 4.40. The van der Waals surface area contributed by atoms with Gasteiger partial charge in [0.15, 0.2) is 9.84 Å². The minimum absolute atomic E-state index is 0.176. The highest BCUT2D eigenvalue weighted by atomic mass is 32.2. The second-order valence-electron chi connectivity index (χ2n) is 7.24. The minimum atomic E-state index is -3.44. The molecule has 0 aliphatic rings. The number of aliphatic hydroxyl groups is 1. The average molecular weight is 440 g/mol. The highest BCUT2D eigenvalue weighted by molar-refractivity contribution is 7.90. The van der Waals surface area contributed by atoms with E-state index in [2.05, 4.69) is 4.98 Å². The van der Waals surface area contributed by atoms with E-state index in [-0.39, 0.29) is 17.3 Å². The molecule has 0 spiro atoms. The Kier molecular flexibility index (Phi) is 5.51. The topological polar surface area (TPSA) is 81.4 Å². The summed E-state index contributed by atoms with van der Waals surface area (Å²) < 4.78 is 45.1. The van der Waals surface area contributed by atoms with Crippen molar-refractivity contribution in [1.29, 1.82) is 0 Å². The predicted molar refractivity (Wildman–Crippen MR) is 116 cm³/mol. The zero-order valence-electron chi connectivity index (χ0n) is 17.0. The second-order valence-corrected chi connectivity index (χ2v) is 9.25. The molecule has 0 saturated heterocycles.